The number of benzene rings is 2. The molecule has 1 aliphatic carbocycles. The molecule has 1 atom stereocenters. The molecule has 116 valence electrons. The number of hydrogen-bond donors (Lipinski definition) is 0. The zero-order valence-electron chi connectivity index (χ0n) is 12.9. The zero-order chi connectivity index (χ0) is 16.8. The van der Waals surface area contributed by atoms with Gasteiger partial charge in [0.25, 0.3) is 0 Å². The molecule has 0 amide bonds. The van der Waals surface area contributed by atoms with Crippen molar-refractivity contribution in [2.24, 2.45) is 11.0 Å². The van der Waals surface area contributed by atoms with E-state index in [4.69, 9.17) is 5.53 Å². The summed E-state index contributed by atoms with van der Waals surface area (Å²) in [7, 11) is 0. The van der Waals surface area contributed by atoms with Crippen LogP contribution in [0.25, 0.3) is 16.5 Å². The molecule has 0 spiro atoms. The fraction of sp³-hybridized carbons (Fsp3) is 0.0500. The van der Waals surface area contributed by atoms with Crippen LogP contribution in [0.4, 0.5) is 5.69 Å². The third-order valence-electron chi connectivity index (χ3n) is 3.79. The summed E-state index contributed by atoms with van der Waals surface area (Å²) in [6.07, 6.45) is 9.66. The number of carbonyl (C=O) groups excluding carboxylic acids is 1. The van der Waals surface area contributed by atoms with Crippen LogP contribution < -0.4 is 0 Å². The van der Waals surface area contributed by atoms with Gasteiger partial charge in [-0.1, -0.05) is 90.1 Å². The Labute approximate surface area is 140 Å². The molecule has 0 N–H and O–H groups in total. The average Bonchev–Trinajstić information content (AvgIpc) is 2.64. The fourth-order valence-corrected chi connectivity index (χ4v) is 2.60. The van der Waals surface area contributed by atoms with Crippen molar-refractivity contribution >= 4 is 17.5 Å². The smallest absolute Gasteiger partial charge is 0.174 e. The van der Waals surface area contributed by atoms with Gasteiger partial charge in [0.05, 0.1) is 5.92 Å². The molecule has 1 aliphatic rings. The lowest BCUT2D eigenvalue weighted by Gasteiger charge is -2.16. The Hall–Kier alpha value is -3.36. The van der Waals surface area contributed by atoms with Crippen LogP contribution >= 0.6 is 0 Å². The molecule has 4 heteroatoms. The Morgan fingerprint density at radius 3 is 2.50 bits per heavy atom. The average molecular weight is 313 g/mol. The molecular formula is C20H15N3O. The third kappa shape index (κ3) is 3.51. The molecule has 0 aliphatic heterocycles. The van der Waals surface area contributed by atoms with E-state index in [1.165, 1.54) is 0 Å². The molecule has 3 rings (SSSR count). The Morgan fingerprint density at radius 2 is 1.79 bits per heavy atom. The number of carbonyl (C=O) groups is 1. The Morgan fingerprint density at radius 1 is 1.04 bits per heavy atom. The first-order chi connectivity index (χ1) is 11.8. The number of nitrogens with zero attached hydrogens (tertiary/aromatic N) is 3. The van der Waals surface area contributed by atoms with Crippen LogP contribution in [0.5, 0.6) is 0 Å². The molecule has 4 nitrogen and oxygen atoms in total. The van der Waals surface area contributed by atoms with Crippen LogP contribution in [0.15, 0.2) is 89.6 Å². The van der Waals surface area contributed by atoms with Crippen LogP contribution in [0, 0.1) is 5.92 Å². The maximum atomic E-state index is 12.8. The molecule has 0 fully saturated rings. The predicted octanol–water partition coefficient (Wildman–Crippen LogP) is 5.64. The molecule has 0 saturated carbocycles. The normalized spacial score (nSPS) is 17.5. The number of ketones is 1. The van der Waals surface area contributed by atoms with Crippen LogP contribution in [0.2, 0.25) is 0 Å². The second-order valence-corrected chi connectivity index (χ2v) is 5.38. The first-order valence-corrected chi connectivity index (χ1v) is 7.59. The molecule has 2 aromatic carbocycles. The Bertz CT molecular complexity index is 871. The van der Waals surface area contributed by atoms with Crippen molar-refractivity contribution in [2.45, 2.75) is 0 Å². The van der Waals surface area contributed by atoms with Crippen LogP contribution in [0.1, 0.15) is 15.9 Å². The van der Waals surface area contributed by atoms with Gasteiger partial charge in [-0.2, -0.15) is 0 Å². The molecule has 0 aromatic heterocycles. The summed E-state index contributed by atoms with van der Waals surface area (Å²) in [6, 6.07) is 16.5. The minimum atomic E-state index is -0.297. The van der Waals surface area contributed by atoms with Crippen molar-refractivity contribution in [3.05, 3.63) is 106 Å². The van der Waals surface area contributed by atoms with E-state index in [1.54, 1.807) is 12.1 Å². The van der Waals surface area contributed by atoms with Crippen molar-refractivity contribution < 1.29 is 4.79 Å². The van der Waals surface area contributed by atoms with E-state index < -0.39 is 0 Å². The lowest BCUT2D eigenvalue weighted by atomic mass is 9.86. The number of Topliss-reactive ketones (excluding diaryl/α,β-unsaturated/α-hetero) is 1. The summed E-state index contributed by atoms with van der Waals surface area (Å²) in [6.45, 7) is 0. The highest BCUT2D eigenvalue weighted by molar-refractivity contribution is 6.02. The van der Waals surface area contributed by atoms with Gasteiger partial charge >= 0.3 is 0 Å². The van der Waals surface area contributed by atoms with E-state index in [2.05, 4.69) is 10.0 Å². The maximum Gasteiger partial charge on any atom is 0.174 e. The monoisotopic (exact) mass is 313 g/mol. The summed E-state index contributed by atoms with van der Waals surface area (Å²) in [5.74, 6) is -0.220. The second-order valence-electron chi connectivity index (χ2n) is 5.38. The Kier molecular flexibility index (Phi) is 4.70. The second kappa shape index (κ2) is 7.27. The minimum absolute atomic E-state index is 0.0770. The highest BCUT2D eigenvalue weighted by atomic mass is 16.1. The van der Waals surface area contributed by atoms with Gasteiger partial charge in [0, 0.05) is 16.2 Å². The van der Waals surface area contributed by atoms with Crippen molar-refractivity contribution in [3.8, 4) is 0 Å². The van der Waals surface area contributed by atoms with Crippen molar-refractivity contribution in [2.75, 3.05) is 0 Å². The topological polar surface area (TPSA) is 65.8 Å². The summed E-state index contributed by atoms with van der Waals surface area (Å²) in [4.78, 5) is 15.5. The molecular weight excluding hydrogens is 298 g/mol. The highest BCUT2D eigenvalue weighted by Gasteiger charge is 2.21. The van der Waals surface area contributed by atoms with E-state index in [1.807, 2.05) is 72.8 Å². The number of azide groups is 1. The molecule has 0 heterocycles. The summed E-state index contributed by atoms with van der Waals surface area (Å²) in [5.41, 5.74) is 11.6. The summed E-state index contributed by atoms with van der Waals surface area (Å²) in [5, 5.41) is 3.56. The van der Waals surface area contributed by atoms with Gasteiger partial charge in [0.1, 0.15) is 0 Å². The molecule has 1 unspecified atom stereocenters. The van der Waals surface area contributed by atoms with E-state index in [0.717, 1.165) is 11.1 Å². The summed E-state index contributed by atoms with van der Waals surface area (Å²) >= 11 is 0. The minimum Gasteiger partial charge on any atom is -0.293 e. The molecule has 2 aromatic rings. The van der Waals surface area contributed by atoms with Gasteiger partial charge in [0.2, 0.25) is 0 Å². The van der Waals surface area contributed by atoms with Crippen LogP contribution in [0.3, 0.4) is 0 Å². The fourth-order valence-electron chi connectivity index (χ4n) is 2.60. The lowest BCUT2D eigenvalue weighted by molar-refractivity contribution is 0.0962. The lowest BCUT2D eigenvalue weighted by Crippen LogP contribution is -2.15. The van der Waals surface area contributed by atoms with Gasteiger partial charge in [-0.3, -0.25) is 4.79 Å². The largest absolute Gasteiger partial charge is 0.293 e. The highest BCUT2D eigenvalue weighted by Crippen LogP contribution is 2.26. The van der Waals surface area contributed by atoms with Gasteiger partial charge < -0.3 is 0 Å². The first-order valence-electron chi connectivity index (χ1n) is 7.59. The maximum absolute atomic E-state index is 12.8. The molecule has 24 heavy (non-hydrogen) atoms. The van der Waals surface area contributed by atoms with Gasteiger partial charge in [-0.25, -0.2) is 0 Å². The van der Waals surface area contributed by atoms with E-state index in [-0.39, 0.29) is 11.7 Å². The van der Waals surface area contributed by atoms with Crippen LogP contribution in [-0.4, -0.2) is 5.78 Å². The molecule has 0 bridgehead atoms. The van der Waals surface area contributed by atoms with Crippen molar-refractivity contribution in [1.29, 1.82) is 0 Å². The SMILES string of the molecule is [N-]=[N+]=Nc1ccc(C=C2C=CC=CC2C(=O)c2ccccc2)cc1. The van der Waals surface area contributed by atoms with E-state index >= 15 is 0 Å². The van der Waals surface area contributed by atoms with Gasteiger partial charge in [-0.05, 0) is 16.7 Å². The summed E-state index contributed by atoms with van der Waals surface area (Å²) < 4.78 is 0. The molecule has 0 saturated heterocycles. The number of allylic oxidation sites excluding steroid dienone is 5. The zero-order valence-corrected chi connectivity index (χ0v) is 12.9. The number of rotatable bonds is 4. The first kappa shape index (κ1) is 15.5. The van der Waals surface area contributed by atoms with E-state index in [0.29, 0.717) is 11.3 Å². The van der Waals surface area contributed by atoms with E-state index in [9.17, 15) is 4.79 Å². The van der Waals surface area contributed by atoms with Crippen molar-refractivity contribution in [3.63, 3.8) is 0 Å². The standard InChI is InChI=1S/C20H15N3O/c21-23-22-18-12-10-15(11-13-18)14-17-8-4-5-9-19(17)20(24)16-6-2-1-3-7-16/h1-14,19H. The predicted molar refractivity (Wildman–Crippen MR) is 95.8 cm³/mol. The third-order valence-corrected chi connectivity index (χ3v) is 3.79. The quantitative estimate of drug-likeness (QED) is 0.312. The van der Waals surface area contributed by atoms with Crippen LogP contribution in [-0.2, 0) is 0 Å². The molecule has 0 radical (unpaired) electrons. The van der Waals surface area contributed by atoms with Gasteiger partial charge in [0.15, 0.2) is 5.78 Å². The van der Waals surface area contributed by atoms with Crippen molar-refractivity contribution in [1.82, 2.24) is 0 Å². The van der Waals surface area contributed by atoms with Gasteiger partial charge in [-0.15, -0.1) is 0 Å². The Balaban J connectivity index is 1.90. The number of hydrogen-bond acceptors (Lipinski definition) is 2.